The summed E-state index contributed by atoms with van der Waals surface area (Å²) in [7, 11) is 0. The van der Waals surface area contributed by atoms with Crippen LogP contribution in [0.3, 0.4) is 0 Å². The maximum absolute atomic E-state index is 12.1. The van der Waals surface area contributed by atoms with Gasteiger partial charge in [0, 0.05) is 10.7 Å². The Hall–Kier alpha value is -2.57. The lowest BCUT2D eigenvalue weighted by Crippen LogP contribution is -2.13. The highest BCUT2D eigenvalue weighted by Crippen LogP contribution is 2.22. The van der Waals surface area contributed by atoms with Crippen LogP contribution >= 0.6 is 0 Å². The van der Waals surface area contributed by atoms with E-state index in [9.17, 15) is 14.9 Å². The highest BCUT2D eigenvalue weighted by atomic mass is 16.6. The van der Waals surface area contributed by atoms with Gasteiger partial charge in [0.25, 0.3) is 0 Å². The first kappa shape index (κ1) is 14.8. The van der Waals surface area contributed by atoms with Gasteiger partial charge in [0.2, 0.25) is 6.33 Å². The maximum atomic E-state index is 12.1. The van der Waals surface area contributed by atoms with E-state index in [0.717, 1.165) is 10.2 Å². The van der Waals surface area contributed by atoms with Crippen LogP contribution in [0.25, 0.3) is 0 Å². The number of hydrogen-bond donors (Lipinski definition) is 0. The fraction of sp³-hybridized carbons (Fsp3) is 0.357. The second-order valence-corrected chi connectivity index (χ2v) is 5.75. The Morgan fingerprint density at radius 1 is 1.29 bits per heavy atom. The average molecular weight is 288 g/mol. The van der Waals surface area contributed by atoms with Crippen LogP contribution in [0.1, 0.15) is 36.7 Å². The van der Waals surface area contributed by atoms with Crippen molar-refractivity contribution in [1.82, 2.24) is 14.8 Å². The molecule has 0 saturated carbocycles. The van der Waals surface area contributed by atoms with Crippen LogP contribution in [0.15, 0.2) is 30.6 Å². The van der Waals surface area contributed by atoms with Gasteiger partial charge in [-0.2, -0.15) is 4.68 Å². The average Bonchev–Trinajstić information content (AvgIpc) is 2.86. The lowest BCUT2D eigenvalue weighted by molar-refractivity contribution is -0.394. The molecule has 0 aliphatic heterocycles. The smallest absolute Gasteiger partial charge is 0.390 e. The Morgan fingerprint density at radius 3 is 2.38 bits per heavy atom. The van der Waals surface area contributed by atoms with E-state index in [1.807, 2.05) is 12.1 Å². The predicted octanol–water partition coefficient (Wildman–Crippen LogP) is 2.37. The summed E-state index contributed by atoms with van der Waals surface area (Å²) < 4.78 is 1.16. The van der Waals surface area contributed by atoms with Gasteiger partial charge in [0.1, 0.15) is 6.54 Å². The van der Waals surface area contributed by atoms with Crippen molar-refractivity contribution in [3.63, 3.8) is 0 Å². The zero-order chi connectivity index (χ0) is 15.6. The molecule has 0 N–H and O–H groups in total. The minimum absolute atomic E-state index is 0.0219. The van der Waals surface area contributed by atoms with Gasteiger partial charge in [0.05, 0.1) is 0 Å². The monoisotopic (exact) mass is 288 g/mol. The van der Waals surface area contributed by atoms with Crippen LogP contribution in [0, 0.1) is 10.1 Å². The normalized spacial score (nSPS) is 11.4. The fourth-order valence-corrected chi connectivity index (χ4v) is 1.84. The second-order valence-electron chi connectivity index (χ2n) is 5.75. The summed E-state index contributed by atoms with van der Waals surface area (Å²) in [6.45, 7) is 6.21. The lowest BCUT2D eigenvalue weighted by Gasteiger charge is -2.18. The molecule has 0 radical (unpaired) electrons. The molecular weight excluding hydrogens is 272 g/mol. The number of benzene rings is 1. The minimum Gasteiger partial charge on any atom is -0.390 e. The predicted molar refractivity (Wildman–Crippen MR) is 76.1 cm³/mol. The highest BCUT2D eigenvalue weighted by Gasteiger charge is 2.17. The van der Waals surface area contributed by atoms with Crippen molar-refractivity contribution in [2.24, 2.45) is 0 Å². The summed E-state index contributed by atoms with van der Waals surface area (Å²) in [5.74, 6) is -0.680. The Morgan fingerprint density at radius 2 is 1.90 bits per heavy atom. The quantitative estimate of drug-likeness (QED) is 0.489. The van der Waals surface area contributed by atoms with Gasteiger partial charge in [-0.1, -0.05) is 50.0 Å². The summed E-state index contributed by atoms with van der Waals surface area (Å²) in [4.78, 5) is 25.4. The Balaban J connectivity index is 2.11. The van der Waals surface area contributed by atoms with E-state index in [-0.39, 0.29) is 17.7 Å². The van der Waals surface area contributed by atoms with E-state index in [2.05, 4.69) is 30.9 Å². The number of ketones is 1. The fourth-order valence-electron chi connectivity index (χ4n) is 1.84. The Kier molecular flexibility index (Phi) is 3.84. The number of Topliss-reactive ketones (excluding diaryl/α,β-unsaturated/α-hetero) is 1. The van der Waals surface area contributed by atoms with E-state index in [0.29, 0.717) is 5.56 Å². The van der Waals surface area contributed by atoms with E-state index < -0.39 is 10.9 Å². The third kappa shape index (κ3) is 3.50. The molecule has 2 rings (SSSR count). The molecule has 1 heterocycles. The lowest BCUT2D eigenvalue weighted by atomic mass is 9.86. The van der Waals surface area contributed by atoms with Crippen molar-refractivity contribution < 1.29 is 9.72 Å². The van der Waals surface area contributed by atoms with Crippen LogP contribution in [-0.4, -0.2) is 25.5 Å². The molecule has 0 fully saturated rings. The van der Waals surface area contributed by atoms with E-state index in [1.165, 1.54) is 6.33 Å². The minimum atomic E-state index is -0.695. The number of nitrogens with zero attached hydrogens (tertiary/aromatic N) is 4. The van der Waals surface area contributed by atoms with Gasteiger partial charge in [-0.05, 0) is 15.9 Å². The molecule has 21 heavy (non-hydrogen) atoms. The van der Waals surface area contributed by atoms with Crippen molar-refractivity contribution in [2.45, 2.75) is 32.7 Å². The highest BCUT2D eigenvalue weighted by molar-refractivity contribution is 5.95. The number of rotatable bonds is 4. The maximum Gasteiger partial charge on any atom is 0.490 e. The molecule has 0 unspecified atom stereocenters. The Labute approximate surface area is 121 Å². The summed E-state index contributed by atoms with van der Waals surface area (Å²) in [5, 5.41) is 14.1. The third-order valence-electron chi connectivity index (χ3n) is 3.07. The zero-order valence-corrected chi connectivity index (χ0v) is 12.1. The molecule has 0 aliphatic carbocycles. The standard InChI is InChI=1S/C14H16N4O3/c1-14(2,3)11-6-4-10(5-7-11)12(19)8-17-9-15-13(16-17)18(20)21/h4-7,9H,8H2,1-3H3. The molecule has 2 aromatic rings. The second kappa shape index (κ2) is 5.43. The zero-order valence-electron chi connectivity index (χ0n) is 12.1. The molecule has 1 aromatic carbocycles. The number of carbonyl (C=O) groups is 1. The van der Waals surface area contributed by atoms with E-state index in [1.54, 1.807) is 12.1 Å². The summed E-state index contributed by atoms with van der Waals surface area (Å²) in [6.07, 6.45) is 1.18. The molecule has 0 spiro atoms. The van der Waals surface area contributed by atoms with Gasteiger partial charge in [-0.15, -0.1) is 0 Å². The van der Waals surface area contributed by atoms with E-state index in [4.69, 9.17) is 0 Å². The number of hydrogen-bond acceptors (Lipinski definition) is 5. The first-order chi connectivity index (χ1) is 9.77. The molecule has 7 nitrogen and oxygen atoms in total. The summed E-state index contributed by atoms with van der Waals surface area (Å²) in [5.41, 5.74) is 1.70. The van der Waals surface area contributed by atoms with Crippen molar-refractivity contribution in [1.29, 1.82) is 0 Å². The van der Waals surface area contributed by atoms with Crippen molar-refractivity contribution in [2.75, 3.05) is 0 Å². The molecule has 0 aliphatic rings. The molecule has 7 heteroatoms. The molecule has 0 amide bonds. The summed E-state index contributed by atoms with van der Waals surface area (Å²) >= 11 is 0. The number of carbonyl (C=O) groups excluding carboxylic acids is 1. The van der Waals surface area contributed by atoms with Crippen LogP contribution in [0.5, 0.6) is 0 Å². The van der Waals surface area contributed by atoms with Gasteiger partial charge < -0.3 is 10.1 Å². The van der Waals surface area contributed by atoms with Crippen LogP contribution in [-0.2, 0) is 12.0 Å². The SMILES string of the molecule is CC(C)(C)c1ccc(C(=O)Cn2cnc([N+](=O)[O-])n2)cc1. The molecule has 0 bridgehead atoms. The largest absolute Gasteiger partial charge is 0.490 e. The van der Waals surface area contributed by atoms with Crippen LogP contribution < -0.4 is 0 Å². The third-order valence-corrected chi connectivity index (χ3v) is 3.07. The number of aromatic nitrogens is 3. The first-order valence-corrected chi connectivity index (χ1v) is 6.45. The first-order valence-electron chi connectivity index (χ1n) is 6.45. The van der Waals surface area contributed by atoms with Crippen molar-refractivity contribution in [3.05, 3.63) is 51.8 Å². The van der Waals surface area contributed by atoms with Gasteiger partial charge >= 0.3 is 5.95 Å². The molecule has 110 valence electrons. The summed E-state index contributed by atoms with van der Waals surface area (Å²) in [6, 6.07) is 7.34. The van der Waals surface area contributed by atoms with Crippen molar-refractivity contribution in [3.8, 4) is 0 Å². The van der Waals surface area contributed by atoms with Gasteiger partial charge in [0.15, 0.2) is 5.78 Å². The van der Waals surface area contributed by atoms with Crippen LogP contribution in [0.2, 0.25) is 0 Å². The van der Waals surface area contributed by atoms with Gasteiger partial charge in [-0.25, -0.2) is 0 Å². The Bertz CT molecular complexity index is 668. The van der Waals surface area contributed by atoms with Crippen molar-refractivity contribution >= 4 is 11.7 Å². The molecular formula is C14H16N4O3. The van der Waals surface area contributed by atoms with Crippen LogP contribution in [0.4, 0.5) is 5.95 Å². The molecule has 1 aromatic heterocycles. The topological polar surface area (TPSA) is 90.9 Å². The molecule has 0 atom stereocenters. The number of nitro groups is 1. The van der Waals surface area contributed by atoms with E-state index >= 15 is 0 Å². The molecule has 0 saturated heterocycles. The van der Waals surface area contributed by atoms with Gasteiger partial charge in [-0.3, -0.25) is 4.79 Å².